The molecule has 19 heavy (non-hydrogen) atoms. The number of ketones is 1. The lowest BCUT2D eigenvalue weighted by Crippen LogP contribution is -2.39. The Bertz CT molecular complexity index is 411. The fraction of sp³-hybridized carbons (Fsp3) is 0.533. The van der Waals surface area contributed by atoms with Crippen LogP contribution in [0.5, 0.6) is 0 Å². The van der Waals surface area contributed by atoms with Gasteiger partial charge >= 0.3 is 0 Å². The van der Waals surface area contributed by atoms with Crippen molar-refractivity contribution in [2.24, 2.45) is 0 Å². The van der Waals surface area contributed by atoms with Gasteiger partial charge in [0.25, 0.3) is 0 Å². The largest absolute Gasteiger partial charge is 0.378 e. The van der Waals surface area contributed by atoms with E-state index >= 15 is 0 Å². The average molecular weight is 326 g/mol. The molecule has 1 aliphatic rings. The molecule has 0 atom stereocenters. The van der Waals surface area contributed by atoms with Crippen molar-refractivity contribution in [2.75, 3.05) is 26.2 Å². The molecule has 0 saturated carbocycles. The first kappa shape index (κ1) is 14.7. The van der Waals surface area contributed by atoms with Crippen LogP contribution in [-0.4, -0.2) is 43.0 Å². The summed E-state index contributed by atoms with van der Waals surface area (Å²) in [5, 5.41) is 0. The van der Waals surface area contributed by atoms with Gasteiger partial charge < -0.3 is 4.74 Å². The standard InChI is InChI=1S/C15H20BrNO2/c1-2-19-14-7-9-17(10-8-14)11-15(18)12-3-5-13(16)6-4-12/h3-6,14H,2,7-11H2,1H3. The van der Waals surface area contributed by atoms with Crippen LogP contribution in [-0.2, 0) is 4.74 Å². The summed E-state index contributed by atoms with van der Waals surface area (Å²) in [6, 6.07) is 7.57. The highest BCUT2D eigenvalue weighted by atomic mass is 79.9. The third kappa shape index (κ3) is 4.41. The van der Waals surface area contributed by atoms with E-state index in [1.165, 1.54) is 0 Å². The van der Waals surface area contributed by atoms with Gasteiger partial charge in [0.1, 0.15) is 0 Å². The first-order valence-corrected chi connectivity index (χ1v) is 7.61. The molecule has 0 radical (unpaired) electrons. The van der Waals surface area contributed by atoms with Crippen LogP contribution >= 0.6 is 15.9 Å². The lowest BCUT2D eigenvalue weighted by atomic mass is 10.1. The molecule has 0 amide bonds. The van der Waals surface area contributed by atoms with Crippen molar-refractivity contribution in [3.8, 4) is 0 Å². The van der Waals surface area contributed by atoms with E-state index in [1.54, 1.807) is 0 Å². The number of halogens is 1. The SMILES string of the molecule is CCOC1CCN(CC(=O)c2ccc(Br)cc2)CC1. The zero-order chi connectivity index (χ0) is 13.7. The molecule has 0 aliphatic carbocycles. The van der Waals surface area contributed by atoms with E-state index in [0.717, 1.165) is 42.6 Å². The van der Waals surface area contributed by atoms with Crippen LogP contribution in [0.2, 0.25) is 0 Å². The number of piperidine rings is 1. The monoisotopic (exact) mass is 325 g/mol. The fourth-order valence-electron chi connectivity index (χ4n) is 2.40. The van der Waals surface area contributed by atoms with Gasteiger partial charge in [0.05, 0.1) is 12.6 Å². The Morgan fingerprint density at radius 3 is 2.53 bits per heavy atom. The summed E-state index contributed by atoms with van der Waals surface area (Å²) in [4.78, 5) is 14.4. The minimum atomic E-state index is 0.197. The quantitative estimate of drug-likeness (QED) is 0.779. The topological polar surface area (TPSA) is 29.5 Å². The highest BCUT2D eigenvalue weighted by molar-refractivity contribution is 9.10. The summed E-state index contributed by atoms with van der Waals surface area (Å²) in [7, 11) is 0. The van der Waals surface area contributed by atoms with Crippen LogP contribution in [0.3, 0.4) is 0 Å². The van der Waals surface area contributed by atoms with Crippen LogP contribution in [0, 0.1) is 0 Å². The number of likely N-dealkylation sites (tertiary alicyclic amines) is 1. The Labute approximate surface area is 123 Å². The van der Waals surface area contributed by atoms with Gasteiger partial charge in [0, 0.05) is 29.7 Å². The number of rotatable bonds is 5. The van der Waals surface area contributed by atoms with E-state index in [-0.39, 0.29) is 5.78 Å². The Balaban J connectivity index is 1.82. The Kier molecular flexibility index (Phi) is 5.55. The van der Waals surface area contributed by atoms with Gasteiger partial charge in [-0.3, -0.25) is 9.69 Å². The smallest absolute Gasteiger partial charge is 0.176 e. The predicted molar refractivity (Wildman–Crippen MR) is 79.6 cm³/mol. The molecule has 4 heteroatoms. The molecule has 1 saturated heterocycles. The summed E-state index contributed by atoms with van der Waals surface area (Å²) in [6.45, 7) is 5.23. The maximum atomic E-state index is 12.1. The molecule has 2 rings (SSSR count). The fourth-order valence-corrected chi connectivity index (χ4v) is 2.66. The lowest BCUT2D eigenvalue weighted by Gasteiger charge is -2.31. The number of hydrogen-bond acceptors (Lipinski definition) is 3. The second-order valence-corrected chi connectivity index (χ2v) is 5.78. The normalized spacial score (nSPS) is 17.6. The summed E-state index contributed by atoms with van der Waals surface area (Å²) >= 11 is 3.38. The van der Waals surface area contributed by atoms with E-state index in [4.69, 9.17) is 4.74 Å². The molecule has 1 fully saturated rings. The number of nitrogens with zero attached hydrogens (tertiary/aromatic N) is 1. The maximum absolute atomic E-state index is 12.1. The average Bonchev–Trinajstić information content (AvgIpc) is 2.42. The summed E-state index contributed by atoms with van der Waals surface area (Å²) in [5.74, 6) is 0.197. The van der Waals surface area contributed by atoms with Crippen molar-refractivity contribution in [1.82, 2.24) is 4.90 Å². The molecule has 0 aromatic heterocycles. The van der Waals surface area contributed by atoms with Gasteiger partial charge in [0.15, 0.2) is 5.78 Å². The Morgan fingerprint density at radius 1 is 1.32 bits per heavy atom. The van der Waals surface area contributed by atoms with Crippen molar-refractivity contribution in [1.29, 1.82) is 0 Å². The van der Waals surface area contributed by atoms with Crippen molar-refractivity contribution >= 4 is 21.7 Å². The number of carbonyl (C=O) groups excluding carboxylic acids is 1. The Hall–Kier alpha value is -0.710. The minimum Gasteiger partial charge on any atom is -0.378 e. The van der Waals surface area contributed by atoms with E-state index in [0.29, 0.717) is 12.6 Å². The molecule has 1 aliphatic heterocycles. The van der Waals surface area contributed by atoms with Gasteiger partial charge in [-0.1, -0.05) is 28.1 Å². The van der Waals surface area contributed by atoms with Crippen LogP contribution < -0.4 is 0 Å². The van der Waals surface area contributed by atoms with Crippen LogP contribution in [0.1, 0.15) is 30.1 Å². The molecular weight excluding hydrogens is 306 g/mol. The highest BCUT2D eigenvalue weighted by Crippen LogP contribution is 2.15. The van der Waals surface area contributed by atoms with Crippen molar-refractivity contribution in [2.45, 2.75) is 25.9 Å². The molecule has 1 aromatic carbocycles. The summed E-state index contributed by atoms with van der Waals surface area (Å²) < 4.78 is 6.62. The van der Waals surface area contributed by atoms with E-state index in [1.807, 2.05) is 31.2 Å². The summed E-state index contributed by atoms with van der Waals surface area (Å²) in [6.07, 6.45) is 2.44. The van der Waals surface area contributed by atoms with Crippen molar-refractivity contribution in [3.63, 3.8) is 0 Å². The molecule has 1 aromatic rings. The highest BCUT2D eigenvalue weighted by Gasteiger charge is 2.21. The minimum absolute atomic E-state index is 0.197. The molecule has 0 spiro atoms. The number of Topliss-reactive ketones (excluding diaryl/α,β-unsaturated/α-hetero) is 1. The predicted octanol–water partition coefficient (Wildman–Crippen LogP) is 3.13. The van der Waals surface area contributed by atoms with E-state index < -0.39 is 0 Å². The molecule has 104 valence electrons. The first-order valence-electron chi connectivity index (χ1n) is 6.81. The van der Waals surface area contributed by atoms with Crippen LogP contribution in [0.4, 0.5) is 0 Å². The van der Waals surface area contributed by atoms with Crippen molar-refractivity contribution < 1.29 is 9.53 Å². The maximum Gasteiger partial charge on any atom is 0.176 e. The molecule has 3 nitrogen and oxygen atoms in total. The number of benzene rings is 1. The zero-order valence-electron chi connectivity index (χ0n) is 11.3. The molecule has 1 heterocycles. The molecule has 0 N–H and O–H groups in total. The second-order valence-electron chi connectivity index (χ2n) is 4.86. The third-order valence-corrected chi connectivity index (χ3v) is 4.00. The Morgan fingerprint density at radius 2 is 1.95 bits per heavy atom. The second kappa shape index (κ2) is 7.17. The van der Waals surface area contributed by atoms with Gasteiger partial charge in [-0.25, -0.2) is 0 Å². The zero-order valence-corrected chi connectivity index (χ0v) is 12.9. The number of hydrogen-bond donors (Lipinski definition) is 0. The number of carbonyl (C=O) groups is 1. The van der Waals surface area contributed by atoms with Gasteiger partial charge in [-0.2, -0.15) is 0 Å². The lowest BCUT2D eigenvalue weighted by molar-refractivity contribution is 0.0147. The number of ether oxygens (including phenoxy) is 1. The third-order valence-electron chi connectivity index (χ3n) is 3.47. The van der Waals surface area contributed by atoms with Crippen LogP contribution in [0.15, 0.2) is 28.7 Å². The first-order chi connectivity index (χ1) is 9.19. The molecule has 0 unspecified atom stereocenters. The van der Waals surface area contributed by atoms with E-state index in [2.05, 4.69) is 20.8 Å². The molecular formula is C15H20BrNO2. The summed E-state index contributed by atoms with van der Waals surface area (Å²) in [5.41, 5.74) is 0.787. The van der Waals surface area contributed by atoms with Gasteiger partial charge in [-0.15, -0.1) is 0 Å². The van der Waals surface area contributed by atoms with Crippen molar-refractivity contribution in [3.05, 3.63) is 34.3 Å². The van der Waals surface area contributed by atoms with Crippen LogP contribution in [0.25, 0.3) is 0 Å². The van der Waals surface area contributed by atoms with Gasteiger partial charge in [0.2, 0.25) is 0 Å². The molecule has 0 bridgehead atoms. The van der Waals surface area contributed by atoms with E-state index in [9.17, 15) is 4.79 Å². The van der Waals surface area contributed by atoms with Gasteiger partial charge in [-0.05, 0) is 31.9 Å².